The zero-order valence-electron chi connectivity index (χ0n) is 13.6. The van der Waals surface area contributed by atoms with E-state index < -0.39 is 23.5 Å². The van der Waals surface area contributed by atoms with E-state index in [4.69, 9.17) is 0 Å². The first-order chi connectivity index (χ1) is 12.1. The van der Waals surface area contributed by atoms with Crippen LogP contribution in [0.5, 0.6) is 0 Å². The van der Waals surface area contributed by atoms with E-state index in [2.05, 4.69) is 0 Å². The van der Waals surface area contributed by atoms with Crippen molar-refractivity contribution in [3.05, 3.63) is 70.8 Å². The fourth-order valence-corrected chi connectivity index (χ4v) is 2.50. The number of ketones is 1. The van der Waals surface area contributed by atoms with Crippen LogP contribution in [0.1, 0.15) is 35.1 Å². The highest BCUT2D eigenvalue weighted by Crippen LogP contribution is 2.30. The van der Waals surface area contributed by atoms with E-state index in [9.17, 15) is 31.1 Å². The second-order valence-corrected chi connectivity index (χ2v) is 5.93. The minimum absolute atomic E-state index is 0.0419. The molecule has 0 aliphatic carbocycles. The number of rotatable bonds is 6. The number of carbonyl (C=O) groups excluding carboxylic acids is 1. The normalized spacial score (nSPS) is 12.2. The molecule has 0 N–H and O–H groups in total. The largest absolute Gasteiger partial charge is 0.416 e. The van der Waals surface area contributed by atoms with Crippen LogP contribution in [0, 0.1) is 0 Å². The highest BCUT2D eigenvalue weighted by molar-refractivity contribution is 5.78. The van der Waals surface area contributed by atoms with Gasteiger partial charge in [-0.05, 0) is 36.1 Å². The van der Waals surface area contributed by atoms with Crippen LogP contribution in [-0.4, -0.2) is 5.78 Å². The van der Waals surface area contributed by atoms with Gasteiger partial charge in [0.25, 0.3) is 0 Å². The lowest BCUT2D eigenvalue weighted by Gasteiger charge is -2.09. The second kappa shape index (κ2) is 7.93. The lowest BCUT2D eigenvalue weighted by molar-refractivity contribution is -0.138. The smallest absolute Gasteiger partial charge is 0.300 e. The number of benzene rings is 2. The lowest BCUT2D eigenvalue weighted by Crippen LogP contribution is -2.07. The van der Waals surface area contributed by atoms with Crippen LogP contribution in [0.3, 0.4) is 0 Å². The van der Waals surface area contributed by atoms with E-state index in [0.29, 0.717) is 11.1 Å². The van der Waals surface area contributed by atoms with Gasteiger partial charge in [0.1, 0.15) is 5.78 Å². The SMILES string of the molecule is O=C(CCc1cccc(C(F)(F)F)c1)CCc1cccc(C(F)(F)F)c1. The Morgan fingerprint density at radius 3 is 1.42 bits per heavy atom. The molecule has 2 aromatic carbocycles. The van der Waals surface area contributed by atoms with Crippen molar-refractivity contribution in [1.82, 2.24) is 0 Å². The van der Waals surface area contributed by atoms with Gasteiger partial charge >= 0.3 is 12.4 Å². The van der Waals surface area contributed by atoms with Crippen molar-refractivity contribution in [3.8, 4) is 0 Å². The minimum atomic E-state index is -4.44. The molecule has 0 amide bonds. The van der Waals surface area contributed by atoms with Gasteiger partial charge in [-0.15, -0.1) is 0 Å². The van der Waals surface area contributed by atoms with E-state index in [0.717, 1.165) is 24.3 Å². The number of carbonyl (C=O) groups is 1. The van der Waals surface area contributed by atoms with E-state index in [1.807, 2.05) is 0 Å². The van der Waals surface area contributed by atoms with Crippen molar-refractivity contribution in [2.45, 2.75) is 38.0 Å². The Morgan fingerprint density at radius 1 is 0.692 bits per heavy atom. The standard InChI is InChI=1S/C19H16F6O/c20-18(21,22)15-5-1-3-13(11-15)7-9-17(26)10-8-14-4-2-6-16(12-14)19(23,24)25/h1-6,11-12H,7-10H2. The van der Waals surface area contributed by atoms with Gasteiger partial charge in [-0.25, -0.2) is 0 Å². The number of hydrogen-bond donors (Lipinski definition) is 0. The summed E-state index contributed by atoms with van der Waals surface area (Å²) in [6.07, 6.45) is -8.48. The van der Waals surface area contributed by atoms with Gasteiger partial charge in [-0.3, -0.25) is 4.79 Å². The second-order valence-electron chi connectivity index (χ2n) is 5.93. The third-order valence-corrected chi connectivity index (χ3v) is 3.89. The summed E-state index contributed by atoms with van der Waals surface area (Å²) in [4.78, 5) is 11.9. The first kappa shape index (κ1) is 20.0. The fraction of sp³-hybridized carbons (Fsp3) is 0.316. The molecular formula is C19H16F6O. The molecule has 0 saturated heterocycles. The molecule has 0 aromatic heterocycles. The number of halogens is 6. The first-order valence-corrected chi connectivity index (χ1v) is 7.89. The molecule has 0 spiro atoms. The Balaban J connectivity index is 1.88. The minimum Gasteiger partial charge on any atom is -0.300 e. The lowest BCUT2D eigenvalue weighted by atomic mass is 10.0. The summed E-state index contributed by atoms with van der Waals surface area (Å²) < 4.78 is 75.9. The Morgan fingerprint density at radius 2 is 1.08 bits per heavy atom. The molecule has 0 heterocycles. The quantitative estimate of drug-likeness (QED) is 0.579. The maximum atomic E-state index is 12.6. The molecule has 2 aromatic rings. The molecule has 0 saturated carbocycles. The zero-order chi connectivity index (χ0) is 19.4. The van der Waals surface area contributed by atoms with Crippen LogP contribution >= 0.6 is 0 Å². The molecule has 7 heteroatoms. The van der Waals surface area contributed by atoms with Crippen molar-refractivity contribution in [1.29, 1.82) is 0 Å². The maximum Gasteiger partial charge on any atom is 0.416 e. The van der Waals surface area contributed by atoms with E-state index >= 15 is 0 Å². The molecule has 2 rings (SSSR count). The molecule has 1 nitrogen and oxygen atoms in total. The summed E-state index contributed by atoms with van der Waals surface area (Å²) >= 11 is 0. The number of aryl methyl sites for hydroxylation is 2. The molecule has 140 valence electrons. The molecular weight excluding hydrogens is 358 g/mol. The van der Waals surface area contributed by atoms with Gasteiger partial charge in [-0.2, -0.15) is 26.3 Å². The van der Waals surface area contributed by atoms with Crippen molar-refractivity contribution >= 4 is 5.78 Å². The van der Waals surface area contributed by atoms with Gasteiger partial charge in [0.05, 0.1) is 11.1 Å². The van der Waals surface area contributed by atoms with E-state index in [-0.39, 0.29) is 31.5 Å². The van der Waals surface area contributed by atoms with Crippen molar-refractivity contribution < 1.29 is 31.1 Å². The zero-order valence-corrected chi connectivity index (χ0v) is 13.6. The van der Waals surface area contributed by atoms with Crippen molar-refractivity contribution in [3.63, 3.8) is 0 Å². The molecule has 26 heavy (non-hydrogen) atoms. The van der Waals surface area contributed by atoms with Crippen LogP contribution in [0.25, 0.3) is 0 Å². The Hall–Kier alpha value is -2.31. The van der Waals surface area contributed by atoms with E-state index in [1.165, 1.54) is 24.3 Å². The molecule has 0 radical (unpaired) electrons. The molecule has 0 aliphatic rings. The Kier molecular flexibility index (Phi) is 6.10. The highest BCUT2D eigenvalue weighted by Gasteiger charge is 2.31. The molecule has 0 aliphatic heterocycles. The van der Waals surface area contributed by atoms with Crippen LogP contribution in [0.15, 0.2) is 48.5 Å². The fourth-order valence-electron chi connectivity index (χ4n) is 2.50. The molecule has 0 bridgehead atoms. The van der Waals surface area contributed by atoms with Crippen molar-refractivity contribution in [2.24, 2.45) is 0 Å². The summed E-state index contributed by atoms with van der Waals surface area (Å²) in [6.45, 7) is 0. The van der Waals surface area contributed by atoms with Gasteiger partial charge in [0, 0.05) is 12.8 Å². The first-order valence-electron chi connectivity index (χ1n) is 7.89. The summed E-state index contributed by atoms with van der Waals surface area (Å²) in [5.41, 5.74) is -0.752. The molecule has 0 unspecified atom stereocenters. The third-order valence-electron chi connectivity index (χ3n) is 3.89. The van der Waals surface area contributed by atoms with Crippen LogP contribution < -0.4 is 0 Å². The third kappa shape index (κ3) is 5.89. The highest BCUT2D eigenvalue weighted by atomic mass is 19.4. The Bertz CT molecular complexity index is 698. The monoisotopic (exact) mass is 374 g/mol. The van der Waals surface area contributed by atoms with E-state index in [1.54, 1.807) is 0 Å². The van der Waals surface area contributed by atoms with Crippen LogP contribution in [0.2, 0.25) is 0 Å². The van der Waals surface area contributed by atoms with Gasteiger partial charge in [0.15, 0.2) is 0 Å². The molecule has 0 fully saturated rings. The number of Topliss-reactive ketones (excluding diaryl/α,β-unsaturated/α-hetero) is 1. The summed E-state index contributed by atoms with van der Waals surface area (Å²) in [5.74, 6) is -0.208. The number of hydrogen-bond acceptors (Lipinski definition) is 1. The van der Waals surface area contributed by atoms with Gasteiger partial charge in [0.2, 0.25) is 0 Å². The Labute approximate surface area is 146 Å². The summed E-state index contributed by atoms with van der Waals surface area (Å²) in [5, 5.41) is 0. The van der Waals surface area contributed by atoms with Crippen LogP contribution in [0.4, 0.5) is 26.3 Å². The van der Waals surface area contributed by atoms with Gasteiger partial charge in [-0.1, -0.05) is 36.4 Å². The topological polar surface area (TPSA) is 17.1 Å². The van der Waals surface area contributed by atoms with Crippen LogP contribution in [-0.2, 0) is 30.0 Å². The predicted octanol–water partition coefficient (Wildman–Crippen LogP) is 5.86. The average Bonchev–Trinajstić information content (AvgIpc) is 2.57. The van der Waals surface area contributed by atoms with Gasteiger partial charge < -0.3 is 0 Å². The maximum absolute atomic E-state index is 12.6. The predicted molar refractivity (Wildman–Crippen MR) is 84.5 cm³/mol. The average molecular weight is 374 g/mol. The number of alkyl halides is 6. The summed E-state index contributed by atoms with van der Waals surface area (Å²) in [7, 11) is 0. The molecule has 0 atom stereocenters. The van der Waals surface area contributed by atoms with Crippen molar-refractivity contribution in [2.75, 3.05) is 0 Å². The summed E-state index contributed by atoms with van der Waals surface area (Å²) in [6, 6.07) is 9.50.